The third-order valence-corrected chi connectivity index (χ3v) is 4.59. The number of rotatable bonds is 3. The Balaban J connectivity index is 1.97. The van der Waals surface area contributed by atoms with Gasteiger partial charge in [-0.15, -0.1) is 0 Å². The van der Waals surface area contributed by atoms with E-state index in [4.69, 9.17) is 17.0 Å². The van der Waals surface area contributed by atoms with Gasteiger partial charge in [0.1, 0.15) is 11.5 Å². The Kier molecular flexibility index (Phi) is 4.36. The molecule has 1 amide bonds. The van der Waals surface area contributed by atoms with Gasteiger partial charge in [0.05, 0.1) is 17.7 Å². The average Bonchev–Trinajstić information content (AvgIpc) is 2.81. The number of phenols is 1. The number of thiocarbonyl (C=S) groups is 1. The smallest absolute Gasteiger partial charge is 0.270 e. The average molecular weight is 343 g/mol. The van der Waals surface area contributed by atoms with E-state index in [1.807, 2.05) is 18.2 Å². The molecule has 1 saturated heterocycles. The molecule has 1 aliphatic rings. The lowest BCUT2D eigenvalue weighted by molar-refractivity contribution is -0.113. The summed E-state index contributed by atoms with van der Waals surface area (Å²) in [5.41, 5.74) is 1.36. The minimum atomic E-state index is -0.201. The molecule has 2 aromatic carbocycles. The molecule has 0 spiro atoms. The second-order valence-corrected chi connectivity index (χ2v) is 6.46. The summed E-state index contributed by atoms with van der Waals surface area (Å²) in [6, 6.07) is 14.0. The van der Waals surface area contributed by atoms with Crippen molar-refractivity contribution in [3.8, 4) is 11.5 Å². The third kappa shape index (κ3) is 3.09. The summed E-state index contributed by atoms with van der Waals surface area (Å²) >= 11 is 6.58. The molecular weight excluding hydrogens is 330 g/mol. The SMILES string of the molecule is COc1ccccc1N1C(=O)/C(=C\c2cccc(O)c2)SC1=S. The number of ether oxygens (including phenoxy) is 1. The van der Waals surface area contributed by atoms with Crippen molar-refractivity contribution in [1.82, 2.24) is 0 Å². The number of aromatic hydroxyl groups is 1. The molecule has 116 valence electrons. The van der Waals surface area contributed by atoms with Crippen LogP contribution in [0.15, 0.2) is 53.4 Å². The molecular formula is C17H13NO3S2. The van der Waals surface area contributed by atoms with Gasteiger partial charge in [-0.25, -0.2) is 0 Å². The van der Waals surface area contributed by atoms with E-state index < -0.39 is 0 Å². The van der Waals surface area contributed by atoms with Gasteiger partial charge in [-0.05, 0) is 35.9 Å². The Morgan fingerprint density at radius 1 is 1.22 bits per heavy atom. The van der Waals surface area contributed by atoms with Crippen molar-refractivity contribution in [2.24, 2.45) is 0 Å². The summed E-state index contributed by atoms with van der Waals surface area (Å²) in [5.74, 6) is 0.536. The lowest BCUT2D eigenvalue weighted by Crippen LogP contribution is -2.27. The molecule has 0 bridgehead atoms. The van der Waals surface area contributed by atoms with E-state index in [2.05, 4.69) is 0 Å². The minimum Gasteiger partial charge on any atom is -0.508 e. The minimum absolute atomic E-state index is 0.152. The van der Waals surface area contributed by atoms with Gasteiger partial charge in [0.15, 0.2) is 4.32 Å². The molecule has 3 rings (SSSR count). The van der Waals surface area contributed by atoms with E-state index in [1.165, 1.54) is 16.7 Å². The number of carbonyl (C=O) groups excluding carboxylic acids is 1. The van der Waals surface area contributed by atoms with Gasteiger partial charge in [0.2, 0.25) is 0 Å². The summed E-state index contributed by atoms with van der Waals surface area (Å²) < 4.78 is 5.76. The number of hydrogen-bond donors (Lipinski definition) is 1. The van der Waals surface area contributed by atoms with E-state index in [0.29, 0.717) is 20.7 Å². The molecule has 23 heavy (non-hydrogen) atoms. The first-order chi connectivity index (χ1) is 11.1. The Morgan fingerprint density at radius 2 is 2.00 bits per heavy atom. The molecule has 0 saturated carbocycles. The highest BCUT2D eigenvalue weighted by atomic mass is 32.2. The van der Waals surface area contributed by atoms with Gasteiger partial charge in [-0.3, -0.25) is 9.69 Å². The fourth-order valence-corrected chi connectivity index (χ4v) is 3.54. The summed E-state index contributed by atoms with van der Waals surface area (Å²) in [5, 5.41) is 9.53. The van der Waals surface area contributed by atoms with Crippen LogP contribution in [0.2, 0.25) is 0 Å². The molecule has 1 fully saturated rings. The van der Waals surface area contributed by atoms with Crippen molar-refractivity contribution in [2.75, 3.05) is 12.0 Å². The van der Waals surface area contributed by atoms with Crippen LogP contribution in [0.1, 0.15) is 5.56 Å². The second kappa shape index (κ2) is 6.44. The van der Waals surface area contributed by atoms with Gasteiger partial charge in [0, 0.05) is 0 Å². The normalized spacial score (nSPS) is 16.2. The van der Waals surface area contributed by atoms with Gasteiger partial charge in [-0.2, -0.15) is 0 Å². The van der Waals surface area contributed by atoms with Gasteiger partial charge >= 0.3 is 0 Å². The number of amides is 1. The number of anilines is 1. The predicted molar refractivity (Wildman–Crippen MR) is 96.8 cm³/mol. The fourth-order valence-electron chi connectivity index (χ4n) is 2.26. The maximum absolute atomic E-state index is 12.7. The van der Waals surface area contributed by atoms with E-state index >= 15 is 0 Å². The first-order valence-electron chi connectivity index (χ1n) is 6.80. The number of benzene rings is 2. The van der Waals surface area contributed by atoms with Crippen LogP contribution < -0.4 is 9.64 Å². The summed E-state index contributed by atoms with van der Waals surface area (Å²) in [6.07, 6.45) is 1.72. The zero-order valence-electron chi connectivity index (χ0n) is 12.2. The van der Waals surface area contributed by atoms with Crippen molar-refractivity contribution < 1.29 is 14.6 Å². The number of methoxy groups -OCH3 is 1. The Bertz CT molecular complexity index is 817. The number of hydrogen-bond acceptors (Lipinski definition) is 5. The molecule has 0 radical (unpaired) electrons. The quantitative estimate of drug-likeness (QED) is 0.678. The summed E-state index contributed by atoms with van der Waals surface area (Å²) in [7, 11) is 1.55. The first-order valence-corrected chi connectivity index (χ1v) is 8.02. The van der Waals surface area contributed by atoms with Crippen LogP contribution in [0.4, 0.5) is 5.69 Å². The van der Waals surface area contributed by atoms with Gasteiger partial charge in [-0.1, -0.05) is 48.2 Å². The standard InChI is InChI=1S/C17H13NO3S2/c1-21-14-8-3-2-7-13(14)18-16(20)15(23-17(18)22)10-11-5-4-6-12(19)9-11/h2-10,19H,1H3/b15-10+. The van der Waals surface area contributed by atoms with Crippen LogP contribution in [0.25, 0.3) is 6.08 Å². The van der Waals surface area contributed by atoms with Crippen LogP contribution in [0.3, 0.4) is 0 Å². The highest BCUT2D eigenvalue weighted by Crippen LogP contribution is 2.39. The largest absolute Gasteiger partial charge is 0.508 e. The summed E-state index contributed by atoms with van der Waals surface area (Å²) in [6.45, 7) is 0. The van der Waals surface area contributed by atoms with Crippen molar-refractivity contribution in [3.05, 3.63) is 59.0 Å². The maximum Gasteiger partial charge on any atom is 0.270 e. The molecule has 2 aromatic rings. The monoisotopic (exact) mass is 343 g/mol. The van der Waals surface area contributed by atoms with Crippen molar-refractivity contribution in [3.63, 3.8) is 0 Å². The molecule has 6 heteroatoms. The van der Waals surface area contributed by atoms with Crippen molar-refractivity contribution in [2.45, 2.75) is 0 Å². The van der Waals surface area contributed by atoms with Crippen molar-refractivity contribution >= 4 is 46.0 Å². The molecule has 0 unspecified atom stereocenters. The zero-order chi connectivity index (χ0) is 16.4. The van der Waals surface area contributed by atoms with Crippen molar-refractivity contribution in [1.29, 1.82) is 0 Å². The van der Waals surface area contributed by atoms with E-state index in [9.17, 15) is 9.90 Å². The molecule has 1 aliphatic heterocycles. The molecule has 0 atom stereocenters. The molecule has 0 aromatic heterocycles. The Hall–Kier alpha value is -2.31. The van der Waals surface area contributed by atoms with Crippen LogP contribution in [0.5, 0.6) is 11.5 Å². The highest BCUT2D eigenvalue weighted by Gasteiger charge is 2.34. The molecule has 1 heterocycles. The molecule has 4 nitrogen and oxygen atoms in total. The van der Waals surface area contributed by atoms with E-state index in [0.717, 1.165) is 5.56 Å². The Labute approximate surface area is 143 Å². The van der Waals surface area contributed by atoms with E-state index in [-0.39, 0.29) is 11.7 Å². The van der Waals surface area contributed by atoms with Gasteiger partial charge < -0.3 is 9.84 Å². The number of nitrogens with zero attached hydrogens (tertiary/aromatic N) is 1. The number of phenolic OH excluding ortho intramolecular Hbond substituents is 1. The zero-order valence-corrected chi connectivity index (χ0v) is 13.9. The predicted octanol–water partition coefficient (Wildman–Crippen LogP) is 3.81. The fraction of sp³-hybridized carbons (Fsp3) is 0.0588. The summed E-state index contributed by atoms with van der Waals surface area (Å²) in [4.78, 5) is 14.7. The first kappa shape index (κ1) is 15.6. The molecule has 1 N–H and O–H groups in total. The van der Waals surface area contributed by atoms with Crippen LogP contribution in [0, 0.1) is 0 Å². The van der Waals surface area contributed by atoms with Crippen LogP contribution in [-0.2, 0) is 4.79 Å². The lowest BCUT2D eigenvalue weighted by atomic mass is 10.2. The highest BCUT2D eigenvalue weighted by molar-refractivity contribution is 8.27. The topological polar surface area (TPSA) is 49.8 Å². The van der Waals surface area contributed by atoms with E-state index in [1.54, 1.807) is 43.5 Å². The lowest BCUT2D eigenvalue weighted by Gasteiger charge is -2.17. The number of carbonyl (C=O) groups is 1. The second-order valence-electron chi connectivity index (χ2n) is 4.78. The number of para-hydroxylation sites is 2. The van der Waals surface area contributed by atoms with Crippen LogP contribution in [-0.4, -0.2) is 22.4 Å². The van der Waals surface area contributed by atoms with Gasteiger partial charge in [0.25, 0.3) is 5.91 Å². The Morgan fingerprint density at radius 3 is 2.74 bits per heavy atom. The van der Waals surface area contributed by atoms with Crippen LogP contribution >= 0.6 is 24.0 Å². The third-order valence-electron chi connectivity index (χ3n) is 3.29. The maximum atomic E-state index is 12.7. The molecule has 0 aliphatic carbocycles. The number of thioether (sulfide) groups is 1.